The van der Waals surface area contributed by atoms with E-state index in [2.05, 4.69) is 19.1 Å². The summed E-state index contributed by atoms with van der Waals surface area (Å²) in [7, 11) is 0. The Hall–Kier alpha value is -1.77. The summed E-state index contributed by atoms with van der Waals surface area (Å²) in [6.07, 6.45) is 14.8. The van der Waals surface area contributed by atoms with E-state index < -0.39 is 18.3 Å². The van der Waals surface area contributed by atoms with Crippen LogP contribution in [0.2, 0.25) is 0 Å². The van der Waals surface area contributed by atoms with Crippen molar-refractivity contribution in [2.45, 2.75) is 96.3 Å². The average molecular weight is 471 g/mol. The van der Waals surface area contributed by atoms with Crippen molar-refractivity contribution in [3.63, 3.8) is 0 Å². The Labute approximate surface area is 204 Å². The summed E-state index contributed by atoms with van der Waals surface area (Å²) in [6.45, 7) is 1.86. The van der Waals surface area contributed by atoms with Crippen molar-refractivity contribution in [1.29, 1.82) is 0 Å². The van der Waals surface area contributed by atoms with Crippen molar-refractivity contribution < 1.29 is 13.2 Å². The van der Waals surface area contributed by atoms with Crippen LogP contribution < -0.4 is 0 Å². The second kappa shape index (κ2) is 12.3. The molecule has 2 aromatic rings. The third kappa shape index (κ3) is 6.26. The first kappa shape index (κ1) is 25.3. The molecule has 0 nitrogen and oxygen atoms in total. The summed E-state index contributed by atoms with van der Waals surface area (Å²) in [6, 6.07) is 11.2. The molecule has 0 aliphatic heterocycles. The summed E-state index contributed by atoms with van der Waals surface area (Å²) < 4.78 is 41.3. The fourth-order valence-electron chi connectivity index (χ4n) is 6.63. The van der Waals surface area contributed by atoms with Crippen LogP contribution in [0.4, 0.5) is 13.2 Å². The lowest BCUT2D eigenvalue weighted by atomic mass is 9.68. The monoisotopic (exact) mass is 470 g/mol. The molecule has 0 aromatic heterocycles. The Morgan fingerprint density at radius 1 is 0.735 bits per heavy atom. The lowest BCUT2D eigenvalue weighted by Gasteiger charge is -2.38. The Morgan fingerprint density at radius 3 is 1.88 bits per heavy atom. The van der Waals surface area contributed by atoms with Gasteiger partial charge in [0.15, 0.2) is 0 Å². The largest absolute Gasteiger partial charge is 0.251 e. The molecule has 0 radical (unpaired) electrons. The highest BCUT2D eigenvalue weighted by atomic mass is 19.1. The summed E-state index contributed by atoms with van der Waals surface area (Å²) in [5.41, 5.74) is 2.84. The molecule has 0 amide bonds. The fraction of sp³-hybridized carbons (Fsp3) is 0.613. The maximum Gasteiger partial charge on any atom is 0.129 e. The quantitative estimate of drug-likeness (QED) is 0.320. The van der Waals surface area contributed by atoms with Gasteiger partial charge in [0.05, 0.1) is 6.67 Å². The van der Waals surface area contributed by atoms with Gasteiger partial charge in [-0.25, -0.2) is 8.78 Å². The lowest BCUT2D eigenvalue weighted by molar-refractivity contribution is 0.156. The number of hydrogen-bond donors (Lipinski definition) is 0. The molecule has 34 heavy (non-hydrogen) atoms. The zero-order valence-corrected chi connectivity index (χ0v) is 20.8. The molecule has 2 fully saturated rings. The van der Waals surface area contributed by atoms with Gasteiger partial charge in [0.2, 0.25) is 0 Å². The van der Waals surface area contributed by atoms with Gasteiger partial charge in [-0.1, -0.05) is 56.9 Å². The number of alkyl halides is 1. The van der Waals surface area contributed by atoms with E-state index in [0.29, 0.717) is 24.3 Å². The molecular weight excluding hydrogens is 429 g/mol. The van der Waals surface area contributed by atoms with Crippen LogP contribution in [0.1, 0.15) is 101 Å². The minimum Gasteiger partial charge on any atom is -0.251 e. The molecular formula is C31H41F3. The molecule has 2 aliphatic rings. The molecule has 0 spiro atoms. The molecule has 3 heteroatoms. The van der Waals surface area contributed by atoms with E-state index in [0.717, 1.165) is 23.3 Å². The van der Waals surface area contributed by atoms with Crippen LogP contribution in [0.3, 0.4) is 0 Å². The normalized spacial score (nSPS) is 25.4. The Morgan fingerprint density at radius 2 is 1.32 bits per heavy atom. The first-order valence-corrected chi connectivity index (χ1v) is 13.7. The van der Waals surface area contributed by atoms with E-state index in [1.807, 2.05) is 12.1 Å². The van der Waals surface area contributed by atoms with Crippen LogP contribution in [0.25, 0.3) is 11.1 Å². The van der Waals surface area contributed by atoms with Gasteiger partial charge in [0.25, 0.3) is 0 Å². The van der Waals surface area contributed by atoms with Crippen LogP contribution in [0.5, 0.6) is 0 Å². The molecule has 186 valence electrons. The van der Waals surface area contributed by atoms with Gasteiger partial charge in [0.1, 0.15) is 11.6 Å². The van der Waals surface area contributed by atoms with E-state index in [4.69, 9.17) is 0 Å². The third-order valence-corrected chi connectivity index (χ3v) is 8.69. The van der Waals surface area contributed by atoms with Crippen LogP contribution in [-0.4, -0.2) is 6.67 Å². The van der Waals surface area contributed by atoms with E-state index >= 15 is 0 Å². The van der Waals surface area contributed by atoms with Gasteiger partial charge in [-0.2, -0.15) is 0 Å². The molecule has 0 saturated heterocycles. The highest BCUT2D eigenvalue weighted by Gasteiger charge is 2.31. The van der Waals surface area contributed by atoms with Crippen molar-refractivity contribution >= 4 is 0 Å². The minimum atomic E-state index is -0.528. The summed E-state index contributed by atoms with van der Waals surface area (Å²) >= 11 is 0. The number of halogens is 3. The standard InChI is InChI=1S/C31H41F3/c1-2-5-22-7-9-23(10-8-22)24-11-13-25(14-12-24)26-15-17-27(18-16-26)28-20-30(33)29(31(34)21-28)6-3-4-19-32/h15-18,20-25H,2-14,19H2,1H3. The van der Waals surface area contributed by atoms with Crippen LogP contribution in [0, 0.1) is 29.4 Å². The van der Waals surface area contributed by atoms with E-state index in [1.165, 1.54) is 81.9 Å². The number of unbranched alkanes of at least 4 members (excludes halogenated alkanes) is 1. The average Bonchev–Trinajstić information content (AvgIpc) is 2.86. The number of benzene rings is 2. The van der Waals surface area contributed by atoms with Crippen molar-refractivity contribution in [1.82, 2.24) is 0 Å². The Bertz CT molecular complexity index is 864. The van der Waals surface area contributed by atoms with Gasteiger partial charge in [-0.3, -0.25) is 4.39 Å². The topological polar surface area (TPSA) is 0 Å². The zero-order chi connectivity index (χ0) is 23.9. The predicted molar refractivity (Wildman–Crippen MR) is 136 cm³/mol. The summed E-state index contributed by atoms with van der Waals surface area (Å²) in [4.78, 5) is 0. The maximum atomic E-state index is 14.5. The van der Waals surface area contributed by atoms with Crippen LogP contribution in [-0.2, 0) is 6.42 Å². The minimum absolute atomic E-state index is 0.0735. The highest BCUT2D eigenvalue weighted by molar-refractivity contribution is 5.64. The fourth-order valence-corrected chi connectivity index (χ4v) is 6.63. The van der Waals surface area contributed by atoms with Crippen molar-refractivity contribution in [2.75, 3.05) is 6.67 Å². The van der Waals surface area contributed by atoms with Crippen molar-refractivity contribution in [3.8, 4) is 11.1 Å². The van der Waals surface area contributed by atoms with Crippen LogP contribution in [0.15, 0.2) is 36.4 Å². The Kier molecular flexibility index (Phi) is 9.14. The lowest BCUT2D eigenvalue weighted by Crippen LogP contribution is -2.25. The second-order valence-electron chi connectivity index (χ2n) is 10.9. The van der Waals surface area contributed by atoms with Gasteiger partial charge < -0.3 is 0 Å². The zero-order valence-electron chi connectivity index (χ0n) is 20.8. The summed E-state index contributed by atoms with van der Waals surface area (Å²) in [5.74, 6) is 2.39. The van der Waals surface area contributed by atoms with Crippen LogP contribution >= 0.6 is 0 Å². The molecule has 0 heterocycles. The first-order valence-electron chi connectivity index (χ1n) is 13.7. The molecule has 0 bridgehead atoms. The highest BCUT2D eigenvalue weighted by Crippen LogP contribution is 2.44. The van der Waals surface area contributed by atoms with E-state index in [9.17, 15) is 13.2 Å². The Balaban J connectivity index is 1.32. The van der Waals surface area contributed by atoms with E-state index in [-0.39, 0.29) is 12.0 Å². The van der Waals surface area contributed by atoms with Gasteiger partial charge in [-0.05, 0) is 110 Å². The maximum absolute atomic E-state index is 14.5. The third-order valence-electron chi connectivity index (χ3n) is 8.69. The summed E-state index contributed by atoms with van der Waals surface area (Å²) in [5, 5.41) is 0. The predicted octanol–water partition coefficient (Wildman–Crippen LogP) is 9.80. The molecule has 0 N–H and O–H groups in total. The van der Waals surface area contributed by atoms with Crippen molar-refractivity contribution in [2.24, 2.45) is 17.8 Å². The molecule has 2 aromatic carbocycles. The van der Waals surface area contributed by atoms with Gasteiger partial charge in [-0.15, -0.1) is 0 Å². The molecule has 4 rings (SSSR count). The number of rotatable bonds is 9. The smallest absolute Gasteiger partial charge is 0.129 e. The second-order valence-corrected chi connectivity index (χ2v) is 10.9. The van der Waals surface area contributed by atoms with Crippen molar-refractivity contribution in [3.05, 3.63) is 59.2 Å². The SMILES string of the molecule is CCCC1CCC(C2CCC(c3ccc(-c4cc(F)c(CCCCF)c(F)c4)cc3)CC2)CC1. The molecule has 0 unspecified atom stereocenters. The van der Waals surface area contributed by atoms with E-state index in [1.54, 1.807) is 0 Å². The number of hydrogen-bond acceptors (Lipinski definition) is 0. The van der Waals surface area contributed by atoms with Gasteiger partial charge in [0, 0.05) is 5.56 Å². The molecule has 0 atom stereocenters. The molecule has 2 aliphatic carbocycles. The first-order chi connectivity index (χ1) is 16.6. The van der Waals surface area contributed by atoms with Gasteiger partial charge >= 0.3 is 0 Å². The molecule has 2 saturated carbocycles.